The minimum absolute atomic E-state index is 0.0546. The van der Waals surface area contributed by atoms with Crippen molar-refractivity contribution in [3.63, 3.8) is 0 Å². The van der Waals surface area contributed by atoms with E-state index < -0.39 is 10.8 Å². The van der Waals surface area contributed by atoms with Gasteiger partial charge in [-0.25, -0.2) is 0 Å². The molecule has 0 spiro atoms. The molecule has 1 aromatic carbocycles. The average Bonchev–Trinajstić information content (AvgIpc) is 3.03. The Labute approximate surface area is 147 Å². The molecule has 0 bridgehead atoms. The molecule has 0 fully saturated rings. The van der Waals surface area contributed by atoms with Gasteiger partial charge in [0.2, 0.25) is 0 Å². The van der Waals surface area contributed by atoms with E-state index in [1.54, 1.807) is 7.11 Å². The van der Waals surface area contributed by atoms with Crippen molar-refractivity contribution >= 4 is 39.9 Å². The predicted molar refractivity (Wildman–Crippen MR) is 92.5 cm³/mol. The maximum Gasteiger partial charge on any atom is 0.305 e. The first-order chi connectivity index (χ1) is 12.0. The normalized spacial score (nSPS) is 10.3. The van der Waals surface area contributed by atoms with Gasteiger partial charge in [0.15, 0.2) is 22.2 Å². The Hall–Kier alpha value is -2.92. The van der Waals surface area contributed by atoms with Crippen LogP contribution in [-0.2, 0) is 4.74 Å². The number of furan rings is 1. The molecule has 2 rings (SSSR count). The van der Waals surface area contributed by atoms with Gasteiger partial charge in [-0.3, -0.25) is 25.8 Å². The van der Waals surface area contributed by atoms with E-state index in [0.717, 1.165) is 0 Å². The van der Waals surface area contributed by atoms with E-state index in [9.17, 15) is 14.9 Å². The van der Waals surface area contributed by atoms with Crippen molar-refractivity contribution in [3.8, 4) is 5.75 Å². The third-order valence-electron chi connectivity index (χ3n) is 3.10. The third-order valence-corrected chi connectivity index (χ3v) is 3.35. The minimum Gasteiger partial charge on any atom is -0.493 e. The van der Waals surface area contributed by atoms with Crippen LogP contribution in [0.4, 0.5) is 5.69 Å². The summed E-state index contributed by atoms with van der Waals surface area (Å²) in [6.07, 6.45) is 0. The topological polar surface area (TPSA) is 128 Å². The van der Waals surface area contributed by atoms with E-state index in [1.165, 1.54) is 25.3 Å². The number of nitro benzene ring substituents is 1. The van der Waals surface area contributed by atoms with Crippen LogP contribution in [0.2, 0.25) is 0 Å². The van der Waals surface area contributed by atoms with Crippen molar-refractivity contribution in [2.75, 3.05) is 27.4 Å². The SMILES string of the molecule is COCCNC(=S)NNC(=O)c1cc2cc([N+](=O)[O-])cc(OC)c2o1. The van der Waals surface area contributed by atoms with Crippen LogP contribution in [0.3, 0.4) is 0 Å². The van der Waals surface area contributed by atoms with Crippen LogP contribution in [0, 0.1) is 10.1 Å². The molecular formula is C14H16N4O6S. The van der Waals surface area contributed by atoms with E-state index in [0.29, 0.717) is 18.5 Å². The van der Waals surface area contributed by atoms with Gasteiger partial charge in [0.05, 0.1) is 24.7 Å². The van der Waals surface area contributed by atoms with Crippen molar-refractivity contribution in [3.05, 3.63) is 34.1 Å². The Morgan fingerprint density at radius 2 is 2.08 bits per heavy atom. The molecule has 0 aliphatic carbocycles. The molecule has 1 heterocycles. The van der Waals surface area contributed by atoms with Gasteiger partial charge in [0, 0.05) is 25.1 Å². The molecule has 0 saturated carbocycles. The number of thiocarbonyl (C=S) groups is 1. The summed E-state index contributed by atoms with van der Waals surface area (Å²) in [6, 6.07) is 3.90. The average molecular weight is 368 g/mol. The fraction of sp³-hybridized carbons (Fsp3) is 0.286. The second-order valence-corrected chi connectivity index (χ2v) is 5.17. The number of non-ortho nitro benzene ring substituents is 1. The first-order valence-electron chi connectivity index (χ1n) is 7.05. The van der Waals surface area contributed by atoms with Crippen LogP contribution in [0.15, 0.2) is 22.6 Å². The first kappa shape index (κ1) is 18.4. The van der Waals surface area contributed by atoms with Crippen LogP contribution in [0.1, 0.15) is 10.6 Å². The zero-order valence-electron chi connectivity index (χ0n) is 13.5. The summed E-state index contributed by atoms with van der Waals surface area (Å²) in [7, 11) is 2.91. The summed E-state index contributed by atoms with van der Waals surface area (Å²) < 4.78 is 15.4. The van der Waals surface area contributed by atoms with Crippen LogP contribution in [-0.4, -0.2) is 43.3 Å². The van der Waals surface area contributed by atoms with Gasteiger partial charge in [-0.2, -0.15) is 0 Å². The molecule has 11 heteroatoms. The van der Waals surface area contributed by atoms with Gasteiger partial charge in [0.25, 0.3) is 5.69 Å². The Morgan fingerprint density at radius 1 is 1.32 bits per heavy atom. The number of ether oxygens (including phenoxy) is 2. The number of carbonyl (C=O) groups excluding carboxylic acids is 1. The number of nitrogens with one attached hydrogen (secondary N) is 3. The zero-order chi connectivity index (χ0) is 18.4. The van der Waals surface area contributed by atoms with E-state index in [2.05, 4.69) is 16.2 Å². The van der Waals surface area contributed by atoms with Crippen molar-refractivity contribution in [1.82, 2.24) is 16.2 Å². The second kappa shape index (κ2) is 8.26. The molecular weight excluding hydrogens is 352 g/mol. The first-order valence-corrected chi connectivity index (χ1v) is 7.46. The molecule has 0 atom stereocenters. The Bertz CT molecular complexity index is 806. The third kappa shape index (κ3) is 4.55. The zero-order valence-corrected chi connectivity index (χ0v) is 14.3. The largest absolute Gasteiger partial charge is 0.493 e. The van der Waals surface area contributed by atoms with Crippen molar-refractivity contribution in [1.29, 1.82) is 0 Å². The van der Waals surface area contributed by atoms with Crippen molar-refractivity contribution < 1.29 is 23.6 Å². The molecule has 2 aromatic rings. The molecule has 10 nitrogen and oxygen atoms in total. The summed E-state index contributed by atoms with van der Waals surface area (Å²) in [5.41, 5.74) is 4.94. The van der Waals surface area contributed by atoms with E-state index in [1.807, 2.05) is 0 Å². The second-order valence-electron chi connectivity index (χ2n) is 4.76. The monoisotopic (exact) mass is 368 g/mol. The molecule has 1 aromatic heterocycles. The highest BCUT2D eigenvalue weighted by Gasteiger charge is 2.19. The molecule has 0 aliphatic rings. The fourth-order valence-electron chi connectivity index (χ4n) is 1.96. The summed E-state index contributed by atoms with van der Waals surface area (Å²) >= 11 is 4.97. The molecule has 0 saturated heterocycles. The van der Waals surface area contributed by atoms with Crippen molar-refractivity contribution in [2.45, 2.75) is 0 Å². The van der Waals surface area contributed by atoms with Crippen LogP contribution in [0.25, 0.3) is 11.0 Å². The summed E-state index contributed by atoms with van der Waals surface area (Å²) in [6.45, 7) is 0.932. The standard InChI is InChI=1S/C14H16N4O6S/c1-22-4-3-15-14(25)17-16-13(19)11-6-8-5-9(18(20)21)7-10(23-2)12(8)24-11/h5-7H,3-4H2,1-2H3,(H,16,19)(H2,15,17,25). The van der Waals surface area contributed by atoms with Crippen LogP contribution in [0.5, 0.6) is 5.75 Å². The molecule has 3 N–H and O–H groups in total. The van der Waals surface area contributed by atoms with Gasteiger partial charge in [-0.15, -0.1) is 0 Å². The number of nitro groups is 1. The number of hydrazine groups is 1. The highest BCUT2D eigenvalue weighted by atomic mass is 32.1. The number of benzene rings is 1. The lowest BCUT2D eigenvalue weighted by atomic mass is 10.2. The van der Waals surface area contributed by atoms with Gasteiger partial charge in [-0.1, -0.05) is 0 Å². The fourth-order valence-corrected chi connectivity index (χ4v) is 2.11. The Kier molecular flexibility index (Phi) is 6.08. The molecule has 0 radical (unpaired) electrons. The summed E-state index contributed by atoms with van der Waals surface area (Å²) in [5.74, 6) is -0.495. The van der Waals surface area contributed by atoms with Gasteiger partial charge >= 0.3 is 5.91 Å². The molecule has 0 aliphatic heterocycles. The molecule has 1 amide bonds. The summed E-state index contributed by atoms with van der Waals surface area (Å²) in [5, 5.41) is 14.3. The number of nitrogens with zero attached hydrogens (tertiary/aromatic N) is 1. The maximum absolute atomic E-state index is 12.1. The lowest BCUT2D eigenvalue weighted by Crippen LogP contribution is -2.47. The molecule has 0 unspecified atom stereocenters. The quantitative estimate of drug-likeness (QED) is 0.297. The molecule has 25 heavy (non-hydrogen) atoms. The van der Waals surface area contributed by atoms with Crippen LogP contribution >= 0.6 is 12.2 Å². The minimum atomic E-state index is -0.600. The van der Waals surface area contributed by atoms with Crippen LogP contribution < -0.4 is 20.9 Å². The lowest BCUT2D eigenvalue weighted by Gasteiger charge is -2.10. The van der Waals surface area contributed by atoms with E-state index >= 15 is 0 Å². The number of methoxy groups -OCH3 is 2. The number of hydrogen-bond acceptors (Lipinski definition) is 7. The number of hydrogen-bond donors (Lipinski definition) is 3. The van der Waals surface area contributed by atoms with Gasteiger partial charge in [0.1, 0.15) is 0 Å². The van der Waals surface area contributed by atoms with Crippen molar-refractivity contribution in [2.24, 2.45) is 0 Å². The number of rotatable bonds is 6. The van der Waals surface area contributed by atoms with E-state index in [4.69, 9.17) is 26.1 Å². The predicted octanol–water partition coefficient (Wildman–Crippen LogP) is 1.10. The van der Waals surface area contributed by atoms with Gasteiger partial charge < -0.3 is 19.2 Å². The lowest BCUT2D eigenvalue weighted by molar-refractivity contribution is -0.384. The number of fused-ring (bicyclic) bond motifs is 1. The van der Waals surface area contributed by atoms with Gasteiger partial charge in [-0.05, 0) is 18.3 Å². The summed E-state index contributed by atoms with van der Waals surface area (Å²) in [4.78, 5) is 22.5. The Balaban J connectivity index is 2.11. The van der Waals surface area contributed by atoms with E-state index in [-0.39, 0.29) is 27.9 Å². The Morgan fingerprint density at radius 3 is 2.72 bits per heavy atom. The maximum atomic E-state index is 12.1. The molecule has 134 valence electrons. The highest BCUT2D eigenvalue weighted by molar-refractivity contribution is 7.80. The number of amides is 1. The highest BCUT2D eigenvalue weighted by Crippen LogP contribution is 2.33. The smallest absolute Gasteiger partial charge is 0.305 e. The number of carbonyl (C=O) groups is 1.